The van der Waals surface area contributed by atoms with Crippen LogP contribution in [-0.4, -0.2) is 24.0 Å². The van der Waals surface area contributed by atoms with E-state index in [2.05, 4.69) is 15.6 Å². The van der Waals surface area contributed by atoms with Crippen molar-refractivity contribution in [1.29, 1.82) is 0 Å². The maximum atomic E-state index is 12.2. The summed E-state index contributed by atoms with van der Waals surface area (Å²) in [4.78, 5) is 16.4. The first kappa shape index (κ1) is 15.3. The highest BCUT2D eigenvalue weighted by Gasteiger charge is 2.10. The van der Waals surface area contributed by atoms with E-state index in [4.69, 9.17) is 11.6 Å². The van der Waals surface area contributed by atoms with Crippen LogP contribution in [0.5, 0.6) is 0 Å². The predicted octanol–water partition coefficient (Wildman–Crippen LogP) is 3.14. The molecule has 4 nitrogen and oxygen atoms in total. The Morgan fingerprint density at radius 3 is 2.71 bits per heavy atom. The summed E-state index contributed by atoms with van der Waals surface area (Å²) in [6.45, 7) is 3.26. The Kier molecular flexibility index (Phi) is 5.58. The van der Waals surface area contributed by atoms with Crippen LogP contribution in [0.2, 0.25) is 5.02 Å². The molecule has 21 heavy (non-hydrogen) atoms. The van der Waals surface area contributed by atoms with Crippen LogP contribution in [0.15, 0.2) is 42.6 Å². The molecule has 0 aliphatic rings. The third kappa shape index (κ3) is 4.46. The number of rotatable bonds is 6. The molecule has 2 rings (SSSR count). The van der Waals surface area contributed by atoms with Gasteiger partial charge < -0.3 is 10.6 Å². The SMILES string of the molecule is CCNc1ncccc1C(=O)NCCc1ccc(Cl)cc1. The first-order valence-electron chi connectivity index (χ1n) is 6.92. The lowest BCUT2D eigenvalue weighted by atomic mass is 10.1. The fourth-order valence-corrected chi connectivity index (χ4v) is 2.09. The van der Waals surface area contributed by atoms with Crippen LogP contribution < -0.4 is 10.6 Å². The van der Waals surface area contributed by atoms with Crippen LogP contribution in [0, 0.1) is 0 Å². The van der Waals surface area contributed by atoms with Crippen LogP contribution in [0.4, 0.5) is 5.82 Å². The molecule has 1 aromatic heterocycles. The zero-order valence-corrected chi connectivity index (χ0v) is 12.7. The molecule has 0 bridgehead atoms. The van der Waals surface area contributed by atoms with E-state index in [0.717, 1.165) is 18.5 Å². The molecule has 0 atom stereocenters. The molecular weight excluding hydrogens is 286 g/mol. The van der Waals surface area contributed by atoms with Gasteiger partial charge in [0.05, 0.1) is 5.56 Å². The first-order chi connectivity index (χ1) is 10.2. The van der Waals surface area contributed by atoms with Crippen molar-refractivity contribution < 1.29 is 4.79 Å². The van der Waals surface area contributed by atoms with Crippen molar-refractivity contribution in [2.45, 2.75) is 13.3 Å². The minimum absolute atomic E-state index is 0.118. The number of carbonyl (C=O) groups is 1. The zero-order chi connectivity index (χ0) is 15.1. The Morgan fingerprint density at radius 2 is 2.00 bits per heavy atom. The summed E-state index contributed by atoms with van der Waals surface area (Å²) >= 11 is 5.84. The molecule has 0 saturated carbocycles. The Bertz CT molecular complexity index is 599. The van der Waals surface area contributed by atoms with Gasteiger partial charge in [-0.3, -0.25) is 4.79 Å². The molecule has 1 aromatic carbocycles. The highest BCUT2D eigenvalue weighted by molar-refractivity contribution is 6.30. The standard InChI is InChI=1S/C16H18ClN3O/c1-2-18-15-14(4-3-10-19-15)16(21)20-11-9-12-5-7-13(17)8-6-12/h3-8,10H,2,9,11H2,1H3,(H,18,19)(H,20,21). The van der Waals surface area contributed by atoms with Crippen molar-refractivity contribution in [3.05, 3.63) is 58.7 Å². The summed E-state index contributed by atoms with van der Waals surface area (Å²) in [7, 11) is 0. The Morgan fingerprint density at radius 1 is 1.24 bits per heavy atom. The molecule has 0 spiro atoms. The van der Waals surface area contributed by atoms with E-state index in [1.165, 1.54) is 0 Å². The van der Waals surface area contributed by atoms with Crippen molar-refractivity contribution in [1.82, 2.24) is 10.3 Å². The molecule has 110 valence electrons. The number of amides is 1. The van der Waals surface area contributed by atoms with Crippen LogP contribution in [-0.2, 0) is 6.42 Å². The molecule has 0 aliphatic carbocycles. The quantitative estimate of drug-likeness (QED) is 0.862. The van der Waals surface area contributed by atoms with Gasteiger partial charge >= 0.3 is 0 Å². The Labute approximate surface area is 129 Å². The van der Waals surface area contributed by atoms with Gasteiger partial charge in [-0.05, 0) is 43.2 Å². The predicted molar refractivity (Wildman–Crippen MR) is 85.9 cm³/mol. The van der Waals surface area contributed by atoms with Gasteiger partial charge in [-0.15, -0.1) is 0 Å². The normalized spacial score (nSPS) is 10.2. The number of pyridine rings is 1. The highest BCUT2D eigenvalue weighted by Crippen LogP contribution is 2.11. The maximum Gasteiger partial charge on any atom is 0.255 e. The average Bonchev–Trinajstić information content (AvgIpc) is 2.50. The third-order valence-electron chi connectivity index (χ3n) is 3.01. The van der Waals surface area contributed by atoms with E-state index in [-0.39, 0.29) is 5.91 Å². The van der Waals surface area contributed by atoms with Crippen molar-refractivity contribution >= 4 is 23.3 Å². The number of halogens is 1. The number of anilines is 1. The fourth-order valence-electron chi connectivity index (χ4n) is 1.96. The second kappa shape index (κ2) is 7.64. The minimum atomic E-state index is -0.118. The number of aromatic nitrogens is 1. The van der Waals surface area contributed by atoms with E-state index in [1.54, 1.807) is 18.3 Å². The van der Waals surface area contributed by atoms with Crippen LogP contribution in [0.1, 0.15) is 22.8 Å². The number of benzene rings is 1. The number of hydrogen-bond acceptors (Lipinski definition) is 3. The van der Waals surface area contributed by atoms with Crippen molar-refractivity contribution in [3.8, 4) is 0 Å². The highest BCUT2D eigenvalue weighted by atomic mass is 35.5. The smallest absolute Gasteiger partial charge is 0.255 e. The molecular formula is C16H18ClN3O. The van der Waals surface area contributed by atoms with E-state index in [0.29, 0.717) is 22.9 Å². The van der Waals surface area contributed by atoms with Gasteiger partial charge in [-0.2, -0.15) is 0 Å². The monoisotopic (exact) mass is 303 g/mol. The first-order valence-corrected chi connectivity index (χ1v) is 7.30. The van der Waals surface area contributed by atoms with E-state index >= 15 is 0 Å². The molecule has 0 unspecified atom stereocenters. The van der Waals surface area contributed by atoms with Crippen molar-refractivity contribution in [2.24, 2.45) is 0 Å². The molecule has 2 aromatic rings. The topological polar surface area (TPSA) is 54.0 Å². The Hall–Kier alpha value is -2.07. The number of nitrogens with zero attached hydrogens (tertiary/aromatic N) is 1. The summed E-state index contributed by atoms with van der Waals surface area (Å²) in [6.07, 6.45) is 2.43. The van der Waals surface area contributed by atoms with Crippen LogP contribution in [0.25, 0.3) is 0 Å². The molecule has 5 heteroatoms. The number of nitrogens with one attached hydrogen (secondary N) is 2. The van der Waals surface area contributed by atoms with Gasteiger partial charge in [-0.1, -0.05) is 23.7 Å². The lowest BCUT2D eigenvalue weighted by molar-refractivity contribution is 0.0954. The summed E-state index contributed by atoms with van der Waals surface area (Å²) in [5.41, 5.74) is 1.70. The summed E-state index contributed by atoms with van der Waals surface area (Å²) in [5, 5.41) is 6.71. The minimum Gasteiger partial charge on any atom is -0.370 e. The molecule has 2 N–H and O–H groups in total. The van der Waals surface area contributed by atoms with Gasteiger partial charge in [0.25, 0.3) is 5.91 Å². The maximum absolute atomic E-state index is 12.2. The van der Waals surface area contributed by atoms with Gasteiger partial charge in [0.15, 0.2) is 0 Å². The van der Waals surface area contributed by atoms with Crippen LogP contribution in [0.3, 0.4) is 0 Å². The van der Waals surface area contributed by atoms with Gasteiger partial charge in [0.1, 0.15) is 5.82 Å². The largest absolute Gasteiger partial charge is 0.370 e. The molecule has 0 fully saturated rings. The molecule has 1 amide bonds. The lowest BCUT2D eigenvalue weighted by Gasteiger charge is -2.10. The van der Waals surface area contributed by atoms with Crippen LogP contribution >= 0.6 is 11.6 Å². The summed E-state index contributed by atoms with van der Waals surface area (Å²) in [6, 6.07) is 11.1. The lowest BCUT2D eigenvalue weighted by Crippen LogP contribution is -2.26. The van der Waals surface area contributed by atoms with E-state index in [1.807, 2.05) is 31.2 Å². The van der Waals surface area contributed by atoms with Crippen molar-refractivity contribution in [2.75, 3.05) is 18.4 Å². The molecule has 1 heterocycles. The third-order valence-corrected chi connectivity index (χ3v) is 3.26. The molecule has 0 aliphatic heterocycles. The summed E-state index contributed by atoms with van der Waals surface area (Å²) in [5.74, 6) is 0.497. The Balaban J connectivity index is 1.91. The fraction of sp³-hybridized carbons (Fsp3) is 0.250. The zero-order valence-electron chi connectivity index (χ0n) is 11.9. The van der Waals surface area contributed by atoms with Gasteiger partial charge in [-0.25, -0.2) is 4.98 Å². The van der Waals surface area contributed by atoms with E-state index in [9.17, 15) is 4.79 Å². The van der Waals surface area contributed by atoms with Crippen molar-refractivity contribution in [3.63, 3.8) is 0 Å². The number of carbonyl (C=O) groups excluding carboxylic acids is 1. The number of hydrogen-bond donors (Lipinski definition) is 2. The molecule has 0 radical (unpaired) electrons. The van der Waals surface area contributed by atoms with Gasteiger partial charge in [0.2, 0.25) is 0 Å². The van der Waals surface area contributed by atoms with Gasteiger partial charge in [0, 0.05) is 24.3 Å². The van der Waals surface area contributed by atoms with E-state index < -0.39 is 0 Å². The molecule has 0 saturated heterocycles. The average molecular weight is 304 g/mol. The summed E-state index contributed by atoms with van der Waals surface area (Å²) < 4.78 is 0. The second-order valence-electron chi connectivity index (χ2n) is 4.56. The second-order valence-corrected chi connectivity index (χ2v) is 5.00.